The van der Waals surface area contributed by atoms with Gasteiger partial charge in [-0.05, 0) is 44.9 Å². The van der Waals surface area contributed by atoms with Crippen molar-refractivity contribution in [3.63, 3.8) is 0 Å². The molecule has 0 spiro atoms. The zero-order valence-electron chi connectivity index (χ0n) is 14.4. The number of amides is 1. The molecular formula is C16H25ClN2O3S. The molecule has 0 heterocycles. The smallest absolute Gasteiger partial charge is 0.253 e. The van der Waals surface area contributed by atoms with Gasteiger partial charge in [-0.1, -0.05) is 25.4 Å². The maximum absolute atomic E-state index is 12.5. The fourth-order valence-corrected chi connectivity index (χ4v) is 3.33. The number of hydrogen-bond donors (Lipinski definition) is 1. The van der Waals surface area contributed by atoms with Crippen LogP contribution in [0.2, 0.25) is 5.02 Å². The number of carbonyl (C=O) groups is 1. The molecule has 0 fully saturated rings. The Labute approximate surface area is 144 Å². The van der Waals surface area contributed by atoms with E-state index in [1.54, 1.807) is 13.8 Å². The molecule has 1 N–H and O–H groups in total. The second-order valence-corrected chi connectivity index (χ2v) is 8.67. The first-order valence-electron chi connectivity index (χ1n) is 7.57. The van der Waals surface area contributed by atoms with Crippen LogP contribution in [0.15, 0.2) is 23.1 Å². The second kappa shape index (κ2) is 7.64. The first-order chi connectivity index (χ1) is 10.5. The monoisotopic (exact) mass is 360 g/mol. The molecule has 0 saturated carbocycles. The highest BCUT2D eigenvalue weighted by Gasteiger charge is 2.25. The summed E-state index contributed by atoms with van der Waals surface area (Å²) < 4.78 is 26.3. The van der Waals surface area contributed by atoms with E-state index in [0.29, 0.717) is 0 Å². The van der Waals surface area contributed by atoms with E-state index in [0.717, 1.165) is 0 Å². The second-order valence-electron chi connectivity index (χ2n) is 6.26. The van der Waals surface area contributed by atoms with Gasteiger partial charge in [-0.15, -0.1) is 0 Å². The van der Waals surface area contributed by atoms with Crippen LogP contribution in [-0.2, 0) is 10.0 Å². The average molecular weight is 361 g/mol. The topological polar surface area (TPSA) is 66.5 Å². The highest BCUT2D eigenvalue weighted by Crippen LogP contribution is 2.23. The van der Waals surface area contributed by atoms with Gasteiger partial charge < -0.3 is 5.32 Å². The molecular weight excluding hydrogens is 336 g/mol. The van der Waals surface area contributed by atoms with Gasteiger partial charge >= 0.3 is 0 Å². The summed E-state index contributed by atoms with van der Waals surface area (Å²) in [6.07, 6.45) is 0. The fourth-order valence-electron chi connectivity index (χ4n) is 1.73. The molecule has 1 amide bonds. The zero-order chi connectivity index (χ0) is 17.9. The molecule has 0 radical (unpaired) electrons. The normalized spacial score (nSPS) is 13.7. The van der Waals surface area contributed by atoms with Crippen molar-refractivity contribution < 1.29 is 13.2 Å². The van der Waals surface area contributed by atoms with Crippen LogP contribution in [0.1, 0.15) is 45.0 Å². The zero-order valence-corrected chi connectivity index (χ0v) is 16.0. The Balaban J connectivity index is 3.21. The summed E-state index contributed by atoms with van der Waals surface area (Å²) in [6, 6.07) is 3.96. The summed E-state index contributed by atoms with van der Waals surface area (Å²) in [4.78, 5) is 12.4. The number of sulfonamides is 1. The van der Waals surface area contributed by atoms with Crippen LogP contribution in [0.25, 0.3) is 0 Å². The Morgan fingerprint density at radius 3 is 2.22 bits per heavy atom. The molecule has 0 aliphatic rings. The maximum Gasteiger partial charge on any atom is 0.253 e. The van der Waals surface area contributed by atoms with Crippen LogP contribution < -0.4 is 5.32 Å². The van der Waals surface area contributed by atoms with Crippen molar-refractivity contribution in [2.24, 2.45) is 5.92 Å². The Kier molecular flexibility index (Phi) is 6.62. The molecule has 1 rings (SSSR count). The molecule has 0 aliphatic carbocycles. The van der Waals surface area contributed by atoms with E-state index >= 15 is 0 Å². The molecule has 0 aromatic heterocycles. The summed E-state index contributed by atoms with van der Waals surface area (Å²) in [5.41, 5.74) is 0.164. The number of halogens is 1. The Hall–Kier alpha value is -1.11. The van der Waals surface area contributed by atoms with Crippen molar-refractivity contribution in [3.8, 4) is 0 Å². The number of benzene rings is 1. The van der Waals surface area contributed by atoms with Gasteiger partial charge in [0.2, 0.25) is 10.0 Å². The molecule has 7 heteroatoms. The van der Waals surface area contributed by atoms with Gasteiger partial charge in [0, 0.05) is 19.1 Å². The van der Waals surface area contributed by atoms with E-state index in [-0.39, 0.29) is 39.4 Å². The number of nitrogens with one attached hydrogen (secondary N) is 1. The van der Waals surface area contributed by atoms with E-state index in [2.05, 4.69) is 5.32 Å². The maximum atomic E-state index is 12.5. The molecule has 0 aliphatic heterocycles. The molecule has 1 unspecified atom stereocenters. The van der Waals surface area contributed by atoms with Crippen LogP contribution in [-0.4, -0.2) is 37.8 Å². The molecule has 1 aromatic carbocycles. The fraction of sp³-hybridized carbons (Fsp3) is 0.562. The summed E-state index contributed by atoms with van der Waals surface area (Å²) in [7, 11) is -2.15. The van der Waals surface area contributed by atoms with Gasteiger partial charge in [-0.25, -0.2) is 8.42 Å². The van der Waals surface area contributed by atoms with Crippen molar-refractivity contribution >= 4 is 27.5 Å². The lowest BCUT2D eigenvalue weighted by atomic mass is 10.1. The third-order valence-electron chi connectivity index (χ3n) is 3.95. The van der Waals surface area contributed by atoms with Gasteiger partial charge in [0.15, 0.2) is 0 Å². The largest absolute Gasteiger partial charge is 0.349 e. The highest BCUT2D eigenvalue weighted by atomic mass is 35.5. The molecule has 130 valence electrons. The number of carbonyl (C=O) groups excluding carboxylic acids is 1. The first kappa shape index (κ1) is 19.9. The lowest BCUT2D eigenvalue weighted by Gasteiger charge is -2.22. The minimum Gasteiger partial charge on any atom is -0.349 e. The number of hydrogen-bond acceptors (Lipinski definition) is 3. The summed E-state index contributed by atoms with van der Waals surface area (Å²) >= 11 is 6.08. The van der Waals surface area contributed by atoms with Gasteiger partial charge in [-0.3, -0.25) is 4.79 Å². The molecule has 5 nitrogen and oxygen atoms in total. The Morgan fingerprint density at radius 1 is 1.17 bits per heavy atom. The van der Waals surface area contributed by atoms with Crippen LogP contribution in [0.3, 0.4) is 0 Å². The van der Waals surface area contributed by atoms with E-state index in [4.69, 9.17) is 11.6 Å². The number of nitrogens with zero attached hydrogens (tertiary/aromatic N) is 1. The molecule has 23 heavy (non-hydrogen) atoms. The van der Waals surface area contributed by atoms with Gasteiger partial charge in [0.1, 0.15) is 0 Å². The first-order valence-corrected chi connectivity index (χ1v) is 9.38. The minimum atomic E-state index is -3.66. The van der Waals surface area contributed by atoms with Crippen molar-refractivity contribution in [2.75, 3.05) is 7.05 Å². The lowest BCUT2D eigenvalue weighted by molar-refractivity contribution is 0.0930. The van der Waals surface area contributed by atoms with Crippen LogP contribution in [0, 0.1) is 5.92 Å². The third-order valence-corrected chi connectivity index (χ3v) is 6.30. The quantitative estimate of drug-likeness (QED) is 0.847. The van der Waals surface area contributed by atoms with Gasteiger partial charge in [0.05, 0.1) is 15.5 Å². The molecule has 0 saturated heterocycles. The lowest BCUT2D eigenvalue weighted by Crippen LogP contribution is -2.36. The van der Waals surface area contributed by atoms with E-state index in [1.807, 2.05) is 20.8 Å². The predicted octanol–water partition coefficient (Wildman–Crippen LogP) is 3.14. The SMILES string of the molecule is CC(C)C(C)NC(=O)c1cc(S(=O)(=O)N(C)C(C)C)ccc1Cl. The van der Waals surface area contributed by atoms with Crippen LogP contribution >= 0.6 is 11.6 Å². The highest BCUT2D eigenvalue weighted by molar-refractivity contribution is 7.89. The van der Waals surface area contributed by atoms with Crippen LogP contribution in [0.5, 0.6) is 0 Å². The van der Waals surface area contributed by atoms with Gasteiger partial charge in [0.25, 0.3) is 5.91 Å². The standard InChI is InChI=1S/C16H25ClN2O3S/c1-10(2)12(5)18-16(20)14-9-13(7-8-15(14)17)23(21,22)19(6)11(3)4/h7-12H,1-6H3,(H,18,20). The Morgan fingerprint density at radius 2 is 1.74 bits per heavy atom. The van der Waals surface area contributed by atoms with Crippen molar-refractivity contribution in [1.82, 2.24) is 9.62 Å². The predicted molar refractivity (Wildman–Crippen MR) is 93.3 cm³/mol. The van der Waals surface area contributed by atoms with Crippen molar-refractivity contribution in [3.05, 3.63) is 28.8 Å². The van der Waals surface area contributed by atoms with E-state index in [9.17, 15) is 13.2 Å². The average Bonchev–Trinajstić information content (AvgIpc) is 2.45. The van der Waals surface area contributed by atoms with E-state index in [1.165, 1.54) is 29.6 Å². The van der Waals surface area contributed by atoms with Gasteiger partial charge in [-0.2, -0.15) is 4.31 Å². The molecule has 1 atom stereocenters. The van der Waals surface area contributed by atoms with E-state index < -0.39 is 10.0 Å². The summed E-state index contributed by atoms with van der Waals surface area (Å²) in [5, 5.41) is 3.06. The number of rotatable bonds is 6. The molecule has 0 bridgehead atoms. The molecule has 1 aromatic rings. The Bertz CT molecular complexity index is 672. The third kappa shape index (κ3) is 4.68. The summed E-state index contributed by atoms with van der Waals surface area (Å²) in [5.74, 6) is -0.114. The van der Waals surface area contributed by atoms with Crippen LogP contribution in [0.4, 0.5) is 0 Å². The summed E-state index contributed by atoms with van der Waals surface area (Å²) in [6.45, 7) is 9.44. The minimum absolute atomic E-state index is 0.0443. The van der Waals surface area contributed by atoms with Crippen molar-refractivity contribution in [1.29, 1.82) is 0 Å². The van der Waals surface area contributed by atoms with Crippen molar-refractivity contribution in [2.45, 2.75) is 51.6 Å².